The van der Waals surface area contributed by atoms with Gasteiger partial charge >= 0.3 is 0 Å². The minimum Gasteiger partial charge on any atom is -0.294 e. The summed E-state index contributed by atoms with van der Waals surface area (Å²) in [4.78, 5) is 11.8. The molecular formula is C21H29F3O. The van der Waals surface area contributed by atoms with Gasteiger partial charge in [-0.3, -0.25) is 4.79 Å². The summed E-state index contributed by atoms with van der Waals surface area (Å²) < 4.78 is 41.1. The summed E-state index contributed by atoms with van der Waals surface area (Å²) in [7, 11) is 0. The second-order valence-corrected chi connectivity index (χ2v) is 7.29. The monoisotopic (exact) mass is 354 g/mol. The first-order valence-electron chi connectivity index (χ1n) is 9.60. The SMILES string of the molecule is CCCC1CCC(CCc2ccc(C(=O)CC)c(C(F)F)c2F)CC1. The van der Waals surface area contributed by atoms with Gasteiger partial charge in [-0.25, -0.2) is 13.2 Å². The molecule has 0 unspecified atom stereocenters. The minimum absolute atomic E-state index is 0.0967. The highest BCUT2D eigenvalue weighted by Crippen LogP contribution is 2.35. The molecule has 1 aromatic carbocycles. The van der Waals surface area contributed by atoms with Crippen LogP contribution in [-0.2, 0) is 6.42 Å². The molecule has 0 atom stereocenters. The number of benzene rings is 1. The standard InChI is InChI=1S/C21H29F3O/c1-3-5-14-6-8-15(9-7-14)10-11-16-12-13-17(18(25)4-2)19(20(16)22)21(23)24/h12-15,21H,3-11H2,1-2H3. The van der Waals surface area contributed by atoms with E-state index in [0.717, 1.165) is 25.2 Å². The first-order valence-corrected chi connectivity index (χ1v) is 9.60. The second-order valence-electron chi connectivity index (χ2n) is 7.29. The smallest absolute Gasteiger partial charge is 0.267 e. The lowest BCUT2D eigenvalue weighted by Crippen LogP contribution is -2.15. The van der Waals surface area contributed by atoms with Crippen molar-refractivity contribution in [1.82, 2.24) is 0 Å². The molecule has 1 aromatic rings. The Hall–Kier alpha value is -1.32. The number of Topliss-reactive ketones (excluding diaryl/α,β-unsaturated/α-hetero) is 1. The summed E-state index contributed by atoms with van der Waals surface area (Å²) >= 11 is 0. The molecule has 25 heavy (non-hydrogen) atoms. The van der Waals surface area contributed by atoms with Crippen molar-refractivity contribution in [3.05, 3.63) is 34.6 Å². The van der Waals surface area contributed by atoms with Gasteiger partial charge in [0.1, 0.15) is 5.82 Å². The highest BCUT2D eigenvalue weighted by molar-refractivity contribution is 5.97. The fraction of sp³-hybridized carbons (Fsp3) is 0.667. The Balaban J connectivity index is 2.03. The van der Waals surface area contributed by atoms with Crippen LogP contribution in [0.1, 0.15) is 93.1 Å². The number of carbonyl (C=O) groups is 1. The van der Waals surface area contributed by atoms with Gasteiger partial charge in [-0.05, 0) is 30.2 Å². The Kier molecular flexibility index (Phi) is 7.52. The van der Waals surface area contributed by atoms with Crippen LogP contribution in [0.2, 0.25) is 0 Å². The van der Waals surface area contributed by atoms with Crippen LogP contribution < -0.4 is 0 Å². The van der Waals surface area contributed by atoms with E-state index in [9.17, 15) is 18.0 Å². The molecule has 1 aliphatic carbocycles. The van der Waals surface area contributed by atoms with E-state index < -0.39 is 23.6 Å². The number of hydrogen-bond acceptors (Lipinski definition) is 1. The van der Waals surface area contributed by atoms with Crippen LogP contribution in [0.25, 0.3) is 0 Å². The van der Waals surface area contributed by atoms with Gasteiger partial charge in [0, 0.05) is 12.0 Å². The summed E-state index contributed by atoms with van der Waals surface area (Å²) in [5.74, 6) is 0.0613. The quantitative estimate of drug-likeness (QED) is 0.464. The van der Waals surface area contributed by atoms with E-state index in [0.29, 0.717) is 17.9 Å². The van der Waals surface area contributed by atoms with Crippen LogP contribution in [0.4, 0.5) is 13.2 Å². The van der Waals surface area contributed by atoms with Gasteiger partial charge in [0.15, 0.2) is 5.78 Å². The third-order valence-electron chi connectivity index (χ3n) is 5.58. The zero-order chi connectivity index (χ0) is 18.4. The van der Waals surface area contributed by atoms with Crippen molar-refractivity contribution < 1.29 is 18.0 Å². The zero-order valence-corrected chi connectivity index (χ0v) is 15.3. The maximum Gasteiger partial charge on any atom is 0.267 e. The average Bonchev–Trinajstić information content (AvgIpc) is 2.61. The van der Waals surface area contributed by atoms with Gasteiger partial charge in [0.2, 0.25) is 0 Å². The molecule has 4 heteroatoms. The summed E-state index contributed by atoms with van der Waals surface area (Å²) in [6, 6.07) is 2.90. The van der Waals surface area contributed by atoms with Crippen molar-refractivity contribution in [1.29, 1.82) is 0 Å². The lowest BCUT2D eigenvalue weighted by atomic mass is 9.78. The van der Waals surface area contributed by atoms with Crippen molar-refractivity contribution in [2.24, 2.45) is 11.8 Å². The first-order chi connectivity index (χ1) is 12.0. The van der Waals surface area contributed by atoms with E-state index in [1.165, 1.54) is 37.8 Å². The number of carbonyl (C=O) groups excluding carboxylic acids is 1. The number of halogens is 3. The lowest BCUT2D eigenvalue weighted by Gasteiger charge is -2.28. The van der Waals surface area contributed by atoms with Crippen LogP contribution in [0, 0.1) is 17.7 Å². The van der Waals surface area contributed by atoms with Crippen molar-refractivity contribution in [3.8, 4) is 0 Å². The Morgan fingerprint density at radius 3 is 2.20 bits per heavy atom. The van der Waals surface area contributed by atoms with Crippen LogP contribution >= 0.6 is 0 Å². The van der Waals surface area contributed by atoms with Crippen LogP contribution in [0.3, 0.4) is 0 Å². The van der Waals surface area contributed by atoms with Gasteiger partial charge < -0.3 is 0 Å². The van der Waals surface area contributed by atoms with Crippen LogP contribution in [-0.4, -0.2) is 5.78 Å². The summed E-state index contributed by atoms with van der Waals surface area (Å²) in [6.45, 7) is 3.81. The molecule has 1 fully saturated rings. The van der Waals surface area contributed by atoms with E-state index >= 15 is 0 Å². The molecule has 1 saturated carbocycles. The lowest BCUT2D eigenvalue weighted by molar-refractivity contribution is 0.0971. The van der Waals surface area contributed by atoms with E-state index in [1.54, 1.807) is 6.92 Å². The topological polar surface area (TPSA) is 17.1 Å². The van der Waals surface area contributed by atoms with E-state index in [-0.39, 0.29) is 12.0 Å². The zero-order valence-electron chi connectivity index (χ0n) is 15.3. The molecule has 0 saturated heterocycles. The molecule has 0 N–H and O–H groups in total. The van der Waals surface area contributed by atoms with Crippen molar-refractivity contribution >= 4 is 5.78 Å². The molecule has 0 aromatic heterocycles. The molecule has 0 bridgehead atoms. The molecule has 0 heterocycles. The van der Waals surface area contributed by atoms with Gasteiger partial charge in [-0.15, -0.1) is 0 Å². The first kappa shape index (κ1) is 20.0. The largest absolute Gasteiger partial charge is 0.294 e. The highest BCUT2D eigenvalue weighted by atomic mass is 19.3. The maximum absolute atomic E-state index is 14.6. The summed E-state index contributed by atoms with van der Waals surface area (Å²) in [6.07, 6.45) is 5.70. The molecule has 140 valence electrons. The minimum atomic E-state index is -2.96. The van der Waals surface area contributed by atoms with Gasteiger partial charge in [0.05, 0.1) is 5.56 Å². The molecule has 1 aliphatic rings. The maximum atomic E-state index is 14.6. The second kappa shape index (κ2) is 9.40. The number of rotatable bonds is 8. The molecule has 1 nitrogen and oxygen atoms in total. The van der Waals surface area contributed by atoms with Crippen molar-refractivity contribution in [3.63, 3.8) is 0 Å². The molecule has 2 rings (SSSR count). The fourth-order valence-corrected chi connectivity index (χ4v) is 4.05. The Morgan fingerprint density at radius 1 is 1.08 bits per heavy atom. The third-order valence-corrected chi connectivity index (χ3v) is 5.58. The number of aryl methyl sites for hydroxylation is 1. The van der Waals surface area contributed by atoms with E-state index in [2.05, 4.69) is 6.92 Å². The van der Waals surface area contributed by atoms with Crippen molar-refractivity contribution in [2.75, 3.05) is 0 Å². The Bertz CT molecular complexity index is 575. The normalized spacial score (nSPS) is 20.9. The number of alkyl halides is 2. The number of hydrogen-bond donors (Lipinski definition) is 0. The predicted octanol–water partition coefficient (Wildman–Crippen LogP) is 6.90. The molecule has 0 amide bonds. The van der Waals surface area contributed by atoms with E-state index in [1.807, 2.05) is 0 Å². The predicted molar refractivity (Wildman–Crippen MR) is 94.7 cm³/mol. The highest BCUT2D eigenvalue weighted by Gasteiger charge is 2.25. The molecule has 0 radical (unpaired) electrons. The molecule has 0 aliphatic heterocycles. The molecule has 0 spiro atoms. The van der Waals surface area contributed by atoms with Crippen molar-refractivity contribution in [2.45, 2.75) is 78.1 Å². The van der Waals surface area contributed by atoms with Crippen LogP contribution in [0.15, 0.2) is 12.1 Å². The van der Waals surface area contributed by atoms with Gasteiger partial charge in [-0.1, -0.05) is 64.5 Å². The molecular weight excluding hydrogens is 325 g/mol. The summed E-state index contributed by atoms with van der Waals surface area (Å²) in [5, 5.41) is 0. The Morgan fingerprint density at radius 2 is 1.68 bits per heavy atom. The number of ketones is 1. The third kappa shape index (κ3) is 5.08. The van der Waals surface area contributed by atoms with E-state index in [4.69, 9.17) is 0 Å². The van der Waals surface area contributed by atoms with Crippen LogP contribution in [0.5, 0.6) is 0 Å². The van der Waals surface area contributed by atoms with Gasteiger partial charge in [-0.2, -0.15) is 0 Å². The van der Waals surface area contributed by atoms with Gasteiger partial charge in [0.25, 0.3) is 6.43 Å². The fourth-order valence-electron chi connectivity index (χ4n) is 4.05. The Labute approximate surface area is 149 Å². The summed E-state index contributed by atoms with van der Waals surface area (Å²) in [5.41, 5.74) is -0.562. The average molecular weight is 354 g/mol.